The van der Waals surface area contributed by atoms with Crippen molar-refractivity contribution in [2.24, 2.45) is 5.92 Å². The second-order valence-electron chi connectivity index (χ2n) is 6.36. The number of ether oxygens (including phenoxy) is 1. The first-order valence-corrected chi connectivity index (χ1v) is 8.83. The molecule has 1 fully saturated rings. The minimum atomic E-state index is -0.856. The van der Waals surface area contributed by atoms with Crippen LogP contribution in [-0.4, -0.2) is 47.8 Å². The fraction of sp³-hybridized carbons (Fsp3) is 0.412. The molecule has 1 aliphatic heterocycles. The third kappa shape index (κ3) is 3.83. The van der Waals surface area contributed by atoms with Crippen molar-refractivity contribution in [2.75, 3.05) is 13.2 Å². The largest absolute Gasteiger partial charge is 0.454 e. The van der Waals surface area contributed by atoms with Crippen LogP contribution in [0.15, 0.2) is 12.1 Å². The van der Waals surface area contributed by atoms with Crippen molar-refractivity contribution in [3.63, 3.8) is 0 Å². The summed E-state index contributed by atoms with van der Waals surface area (Å²) in [5.74, 6) is -2.11. The fourth-order valence-corrected chi connectivity index (χ4v) is 3.09. The molecule has 2 aliphatic rings. The average molecular weight is 399 g/mol. The van der Waals surface area contributed by atoms with Gasteiger partial charge in [-0.3, -0.25) is 24.1 Å². The summed E-state index contributed by atoms with van der Waals surface area (Å²) in [4.78, 5) is 49.0. The van der Waals surface area contributed by atoms with E-state index >= 15 is 0 Å². The first kappa shape index (κ1) is 18.7. The molecule has 0 unspecified atom stereocenters. The third-order valence-corrected chi connectivity index (χ3v) is 5.10. The van der Waals surface area contributed by atoms with Crippen LogP contribution in [0.2, 0.25) is 10.0 Å². The number of fused-ring (bicyclic) bond motifs is 1. The number of esters is 1. The lowest BCUT2D eigenvalue weighted by molar-refractivity contribution is -0.148. The van der Waals surface area contributed by atoms with E-state index in [4.69, 9.17) is 27.9 Å². The zero-order chi connectivity index (χ0) is 19.0. The first-order valence-electron chi connectivity index (χ1n) is 8.08. The van der Waals surface area contributed by atoms with E-state index in [1.54, 1.807) is 0 Å². The van der Waals surface area contributed by atoms with Crippen molar-refractivity contribution < 1.29 is 23.9 Å². The SMILES string of the molecule is C[C@H](NC(=O)COC(=O)CN1C(=O)c2cc(Cl)c(Cl)cc2C1=O)C1CC1. The van der Waals surface area contributed by atoms with Gasteiger partial charge >= 0.3 is 5.97 Å². The van der Waals surface area contributed by atoms with Crippen molar-refractivity contribution in [3.05, 3.63) is 33.3 Å². The summed E-state index contributed by atoms with van der Waals surface area (Å²) in [6, 6.07) is 2.61. The smallest absolute Gasteiger partial charge is 0.326 e. The van der Waals surface area contributed by atoms with E-state index in [2.05, 4.69) is 5.32 Å². The van der Waals surface area contributed by atoms with Crippen molar-refractivity contribution >= 4 is 46.9 Å². The van der Waals surface area contributed by atoms with E-state index in [1.165, 1.54) is 12.1 Å². The van der Waals surface area contributed by atoms with Gasteiger partial charge in [-0.05, 0) is 37.8 Å². The molecule has 0 radical (unpaired) electrons. The third-order valence-electron chi connectivity index (χ3n) is 4.38. The molecule has 0 aromatic heterocycles. The number of imide groups is 1. The Labute approximate surface area is 159 Å². The van der Waals surface area contributed by atoms with Crippen LogP contribution in [0.4, 0.5) is 0 Å². The second kappa shape index (κ2) is 7.25. The van der Waals surface area contributed by atoms with Gasteiger partial charge in [0.05, 0.1) is 21.2 Å². The molecule has 1 aromatic rings. The summed E-state index contributed by atoms with van der Waals surface area (Å²) in [7, 11) is 0. The zero-order valence-electron chi connectivity index (χ0n) is 13.9. The molecule has 1 heterocycles. The van der Waals surface area contributed by atoms with Gasteiger partial charge < -0.3 is 10.1 Å². The van der Waals surface area contributed by atoms with Crippen LogP contribution in [0.5, 0.6) is 0 Å². The molecule has 1 aromatic carbocycles. The summed E-state index contributed by atoms with van der Waals surface area (Å²) in [6.45, 7) is 0.843. The standard InChI is InChI=1S/C17H16Cl2N2O5/c1-8(9-2-3-9)20-14(22)7-26-15(23)6-21-16(24)10-4-12(18)13(19)5-11(10)17(21)25/h4-5,8-9H,2-3,6-7H2,1H3,(H,20,22)/t8-/m0/s1. The minimum absolute atomic E-state index is 0.0342. The molecule has 1 atom stereocenters. The van der Waals surface area contributed by atoms with Crippen LogP contribution >= 0.6 is 23.2 Å². The van der Waals surface area contributed by atoms with Crippen LogP contribution in [0.25, 0.3) is 0 Å². The molecule has 7 nitrogen and oxygen atoms in total. The number of hydrogen-bond donors (Lipinski definition) is 1. The highest BCUT2D eigenvalue weighted by atomic mass is 35.5. The number of carbonyl (C=O) groups excluding carboxylic acids is 4. The topological polar surface area (TPSA) is 92.8 Å². The lowest BCUT2D eigenvalue weighted by Crippen LogP contribution is -2.39. The molecule has 1 saturated carbocycles. The van der Waals surface area contributed by atoms with Gasteiger partial charge in [0.15, 0.2) is 6.61 Å². The summed E-state index contributed by atoms with van der Waals surface area (Å²) >= 11 is 11.7. The maximum atomic E-state index is 12.3. The van der Waals surface area contributed by atoms with Gasteiger partial charge in [0.1, 0.15) is 6.54 Å². The maximum Gasteiger partial charge on any atom is 0.326 e. The quantitative estimate of drug-likeness (QED) is 0.584. The van der Waals surface area contributed by atoms with Crippen LogP contribution in [0.1, 0.15) is 40.5 Å². The van der Waals surface area contributed by atoms with Gasteiger partial charge in [-0.2, -0.15) is 0 Å². The maximum absolute atomic E-state index is 12.3. The molecule has 9 heteroatoms. The number of halogens is 2. The van der Waals surface area contributed by atoms with Crippen LogP contribution < -0.4 is 5.32 Å². The Hall–Kier alpha value is -2.12. The summed E-state index contributed by atoms with van der Waals surface area (Å²) in [5, 5.41) is 3.02. The first-order chi connectivity index (χ1) is 12.3. The highest BCUT2D eigenvalue weighted by Gasteiger charge is 2.38. The zero-order valence-corrected chi connectivity index (χ0v) is 15.4. The number of amides is 3. The molecule has 1 N–H and O–H groups in total. The lowest BCUT2D eigenvalue weighted by Gasteiger charge is -2.14. The normalized spacial score (nSPS) is 17.1. The molecule has 0 saturated heterocycles. The van der Waals surface area contributed by atoms with Gasteiger partial charge in [0.25, 0.3) is 17.7 Å². The van der Waals surface area contributed by atoms with Crippen molar-refractivity contribution in [2.45, 2.75) is 25.8 Å². The molecule has 0 spiro atoms. The number of hydrogen-bond acceptors (Lipinski definition) is 5. The predicted octanol–water partition coefficient (Wildman–Crippen LogP) is 2.05. The van der Waals surface area contributed by atoms with E-state index in [9.17, 15) is 19.2 Å². The number of benzene rings is 1. The number of carbonyl (C=O) groups is 4. The molecule has 3 amide bonds. The van der Waals surface area contributed by atoms with E-state index in [0.29, 0.717) is 5.92 Å². The monoisotopic (exact) mass is 398 g/mol. The molecule has 3 rings (SSSR count). The van der Waals surface area contributed by atoms with Crippen molar-refractivity contribution in [3.8, 4) is 0 Å². The Morgan fingerprint density at radius 1 is 1.19 bits per heavy atom. The predicted molar refractivity (Wildman–Crippen MR) is 93.1 cm³/mol. The number of nitrogens with zero attached hydrogens (tertiary/aromatic N) is 1. The van der Waals surface area contributed by atoms with Crippen LogP contribution in [0.3, 0.4) is 0 Å². The van der Waals surface area contributed by atoms with E-state index in [-0.39, 0.29) is 27.2 Å². The minimum Gasteiger partial charge on any atom is -0.454 e. The van der Waals surface area contributed by atoms with Gasteiger partial charge in [-0.15, -0.1) is 0 Å². The van der Waals surface area contributed by atoms with Crippen molar-refractivity contribution in [1.29, 1.82) is 0 Å². The fourth-order valence-electron chi connectivity index (χ4n) is 2.76. The van der Waals surface area contributed by atoms with E-state index in [1.807, 2.05) is 6.92 Å². The van der Waals surface area contributed by atoms with Gasteiger partial charge in [-0.1, -0.05) is 23.2 Å². The second-order valence-corrected chi connectivity index (χ2v) is 7.18. The highest BCUT2D eigenvalue weighted by Crippen LogP contribution is 2.32. The molecule has 0 bridgehead atoms. The number of rotatable bonds is 6. The lowest BCUT2D eigenvalue weighted by atomic mass is 10.1. The van der Waals surface area contributed by atoms with Crippen LogP contribution in [-0.2, 0) is 14.3 Å². The van der Waals surface area contributed by atoms with Gasteiger partial charge in [-0.25, -0.2) is 0 Å². The molecule has 26 heavy (non-hydrogen) atoms. The highest BCUT2D eigenvalue weighted by molar-refractivity contribution is 6.43. The Balaban J connectivity index is 1.55. The average Bonchev–Trinajstić information content (AvgIpc) is 3.41. The molecule has 138 valence electrons. The van der Waals surface area contributed by atoms with Crippen molar-refractivity contribution in [1.82, 2.24) is 10.2 Å². The number of nitrogens with one attached hydrogen (secondary N) is 1. The Bertz CT molecular complexity index is 766. The molecular weight excluding hydrogens is 383 g/mol. The van der Waals surface area contributed by atoms with Gasteiger partial charge in [0.2, 0.25) is 0 Å². The van der Waals surface area contributed by atoms with Crippen LogP contribution in [0, 0.1) is 5.92 Å². The summed E-state index contributed by atoms with van der Waals surface area (Å²) in [5.41, 5.74) is 0.154. The van der Waals surface area contributed by atoms with E-state index < -0.39 is 36.8 Å². The Kier molecular flexibility index (Phi) is 5.20. The summed E-state index contributed by atoms with van der Waals surface area (Å²) in [6.07, 6.45) is 2.16. The molecular formula is C17H16Cl2N2O5. The summed E-state index contributed by atoms with van der Waals surface area (Å²) < 4.78 is 4.86. The Morgan fingerprint density at radius 3 is 2.23 bits per heavy atom. The van der Waals surface area contributed by atoms with E-state index in [0.717, 1.165) is 17.7 Å². The Morgan fingerprint density at radius 2 is 1.73 bits per heavy atom. The van der Waals surface area contributed by atoms with Gasteiger partial charge in [0, 0.05) is 6.04 Å². The molecule has 1 aliphatic carbocycles.